The van der Waals surface area contributed by atoms with E-state index in [1.165, 1.54) is 0 Å². The highest BCUT2D eigenvalue weighted by Gasteiger charge is 1.98. The number of hydrogen-bond acceptors (Lipinski definition) is 3. The molecule has 0 bridgehead atoms. The number of anilines is 1. The van der Waals surface area contributed by atoms with Gasteiger partial charge in [-0.2, -0.15) is 0 Å². The Kier molecular flexibility index (Phi) is 3.01. The Morgan fingerprint density at radius 3 is 2.87 bits per heavy atom. The quantitative estimate of drug-likeness (QED) is 0.867. The second kappa shape index (κ2) is 4.44. The molecule has 2 heterocycles. The first kappa shape index (κ1) is 10.2. The monoisotopic (exact) mass is 266 g/mol. The summed E-state index contributed by atoms with van der Waals surface area (Å²) in [6.45, 7) is 0.750. The van der Waals surface area contributed by atoms with Gasteiger partial charge in [-0.25, -0.2) is 9.97 Å². The zero-order valence-corrected chi connectivity index (χ0v) is 9.90. The van der Waals surface area contributed by atoms with Crippen molar-refractivity contribution >= 4 is 21.6 Å². The van der Waals surface area contributed by atoms with Gasteiger partial charge in [0.15, 0.2) is 0 Å². The minimum absolute atomic E-state index is 0.750. The molecule has 0 amide bonds. The van der Waals surface area contributed by atoms with Crippen molar-refractivity contribution < 1.29 is 0 Å². The first-order valence-corrected chi connectivity index (χ1v) is 5.35. The van der Waals surface area contributed by atoms with Gasteiger partial charge in [0.1, 0.15) is 4.60 Å². The highest BCUT2D eigenvalue weighted by molar-refractivity contribution is 9.10. The van der Waals surface area contributed by atoms with E-state index in [9.17, 15) is 0 Å². The molecule has 0 radical (unpaired) electrons. The highest BCUT2D eigenvalue weighted by Crippen LogP contribution is 2.11. The lowest BCUT2D eigenvalue weighted by Gasteiger charge is -2.06. The Bertz CT molecular complexity index is 435. The van der Waals surface area contributed by atoms with Crippen molar-refractivity contribution in [1.29, 1.82) is 0 Å². The van der Waals surface area contributed by atoms with Gasteiger partial charge in [0.05, 0.1) is 30.5 Å². The molecule has 0 aromatic carbocycles. The number of nitrogens with zero attached hydrogens (tertiary/aromatic N) is 3. The third kappa shape index (κ3) is 2.56. The van der Waals surface area contributed by atoms with Crippen LogP contribution in [0.4, 0.5) is 5.69 Å². The molecule has 0 spiro atoms. The van der Waals surface area contributed by atoms with Gasteiger partial charge in [0.2, 0.25) is 0 Å². The van der Waals surface area contributed by atoms with Gasteiger partial charge in [-0.05, 0) is 28.1 Å². The van der Waals surface area contributed by atoms with Crippen molar-refractivity contribution in [3.63, 3.8) is 0 Å². The fourth-order valence-electron chi connectivity index (χ4n) is 1.23. The summed E-state index contributed by atoms with van der Waals surface area (Å²) < 4.78 is 2.83. The van der Waals surface area contributed by atoms with E-state index in [4.69, 9.17) is 0 Å². The van der Waals surface area contributed by atoms with E-state index in [0.717, 1.165) is 22.5 Å². The molecular formula is C10H11BrN4. The van der Waals surface area contributed by atoms with Crippen molar-refractivity contribution in [2.24, 2.45) is 7.05 Å². The summed E-state index contributed by atoms with van der Waals surface area (Å²) in [7, 11) is 1.98. The SMILES string of the molecule is Cn1cncc1CNc1ccc(Br)nc1. The Labute approximate surface area is 96.5 Å². The fraction of sp³-hybridized carbons (Fsp3) is 0.200. The fourth-order valence-corrected chi connectivity index (χ4v) is 1.46. The maximum absolute atomic E-state index is 4.13. The molecule has 2 rings (SSSR count). The first-order chi connectivity index (χ1) is 7.25. The minimum Gasteiger partial charge on any atom is -0.378 e. The summed E-state index contributed by atoms with van der Waals surface area (Å²) in [4.78, 5) is 8.18. The molecule has 0 unspecified atom stereocenters. The molecule has 0 aliphatic carbocycles. The Morgan fingerprint density at radius 1 is 1.40 bits per heavy atom. The number of pyridine rings is 1. The van der Waals surface area contributed by atoms with E-state index in [2.05, 4.69) is 31.2 Å². The van der Waals surface area contributed by atoms with Gasteiger partial charge in [-0.15, -0.1) is 0 Å². The van der Waals surface area contributed by atoms with Gasteiger partial charge in [0.25, 0.3) is 0 Å². The van der Waals surface area contributed by atoms with Crippen molar-refractivity contribution in [3.05, 3.63) is 41.2 Å². The van der Waals surface area contributed by atoms with Crippen LogP contribution in [0.3, 0.4) is 0 Å². The molecule has 2 aromatic heterocycles. The largest absolute Gasteiger partial charge is 0.378 e. The van der Waals surface area contributed by atoms with Crippen LogP contribution >= 0.6 is 15.9 Å². The molecule has 0 fully saturated rings. The Hall–Kier alpha value is -1.36. The average molecular weight is 267 g/mol. The van der Waals surface area contributed by atoms with E-state index in [1.54, 1.807) is 12.5 Å². The van der Waals surface area contributed by atoms with Crippen LogP contribution in [0.2, 0.25) is 0 Å². The lowest BCUT2D eigenvalue weighted by atomic mass is 10.4. The molecule has 0 saturated heterocycles. The summed E-state index contributed by atoms with van der Waals surface area (Å²) in [5, 5.41) is 3.27. The second-order valence-corrected chi connectivity index (χ2v) is 4.03. The highest BCUT2D eigenvalue weighted by atomic mass is 79.9. The summed E-state index contributed by atoms with van der Waals surface area (Å²) in [6.07, 6.45) is 5.43. The topological polar surface area (TPSA) is 42.7 Å². The Balaban J connectivity index is 1.99. The van der Waals surface area contributed by atoms with Crippen molar-refractivity contribution in [2.75, 3.05) is 5.32 Å². The molecule has 2 aromatic rings. The molecule has 78 valence electrons. The standard InChI is InChI=1S/C10H11BrN4/c1-15-7-12-5-9(15)6-13-8-2-3-10(11)14-4-8/h2-5,7,13H,6H2,1H3. The van der Waals surface area contributed by atoms with Crippen molar-refractivity contribution in [1.82, 2.24) is 14.5 Å². The van der Waals surface area contributed by atoms with Gasteiger partial charge in [-0.1, -0.05) is 0 Å². The predicted molar refractivity (Wildman–Crippen MR) is 62.5 cm³/mol. The van der Waals surface area contributed by atoms with Gasteiger partial charge < -0.3 is 9.88 Å². The first-order valence-electron chi connectivity index (χ1n) is 4.56. The zero-order chi connectivity index (χ0) is 10.7. The molecule has 0 saturated carbocycles. The second-order valence-electron chi connectivity index (χ2n) is 3.22. The van der Waals surface area contributed by atoms with Gasteiger partial charge in [0, 0.05) is 13.2 Å². The van der Waals surface area contributed by atoms with E-state index < -0.39 is 0 Å². The van der Waals surface area contributed by atoms with Crippen LogP contribution < -0.4 is 5.32 Å². The molecule has 4 nitrogen and oxygen atoms in total. The van der Waals surface area contributed by atoms with Gasteiger partial charge in [-0.3, -0.25) is 0 Å². The van der Waals surface area contributed by atoms with E-state index in [-0.39, 0.29) is 0 Å². The molecule has 15 heavy (non-hydrogen) atoms. The minimum atomic E-state index is 0.750. The van der Waals surface area contributed by atoms with E-state index >= 15 is 0 Å². The molecule has 0 aliphatic rings. The zero-order valence-electron chi connectivity index (χ0n) is 8.31. The van der Waals surface area contributed by atoms with Crippen LogP contribution in [-0.4, -0.2) is 14.5 Å². The normalized spacial score (nSPS) is 10.3. The van der Waals surface area contributed by atoms with Crippen molar-refractivity contribution in [3.8, 4) is 0 Å². The van der Waals surface area contributed by atoms with Crippen LogP contribution in [0.5, 0.6) is 0 Å². The number of hydrogen-bond donors (Lipinski definition) is 1. The van der Waals surface area contributed by atoms with Crippen LogP contribution in [0.25, 0.3) is 0 Å². The van der Waals surface area contributed by atoms with Crippen LogP contribution in [-0.2, 0) is 13.6 Å². The number of aromatic nitrogens is 3. The average Bonchev–Trinajstić information content (AvgIpc) is 2.63. The van der Waals surface area contributed by atoms with E-state index in [1.807, 2.05) is 29.9 Å². The number of rotatable bonds is 3. The van der Waals surface area contributed by atoms with E-state index in [0.29, 0.717) is 0 Å². The smallest absolute Gasteiger partial charge is 0.106 e. The number of aryl methyl sites for hydroxylation is 1. The molecule has 0 aliphatic heterocycles. The predicted octanol–water partition coefficient (Wildman–Crippen LogP) is 2.19. The molecule has 5 heteroatoms. The summed E-state index contributed by atoms with van der Waals surface area (Å²) >= 11 is 3.29. The molecular weight excluding hydrogens is 256 g/mol. The number of nitrogens with one attached hydrogen (secondary N) is 1. The molecule has 0 atom stereocenters. The maximum Gasteiger partial charge on any atom is 0.106 e. The summed E-state index contributed by atoms with van der Waals surface area (Å²) in [5.41, 5.74) is 2.14. The maximum atomic E-state index is 4.13. The third-order valence-electron chi connectivity index (χ3n) is 2.12. The van der Waals surface area contributed by atoms with Gasteiger partial charge >= 0.3 is 0 Å². The van der Waals surface area contributed by atoms with Crippen LogP contribution in [0.1, 0.15) is 5.69 Å². The Morgan fingerprint density at radius 2 is 2.27 bits per heavy atom. The number of halogens is 1. The third-order valence-corrected chi connectivity index (χ3v) is 2.59. The van der Waals surface area contributed by atoms with Crippen LogP contribution in [0.15, 0.2) is 35.5 Å². The lowest BCUT2D eigenvalue weighted by molar-refractivity contribution is 0.837. The lowest BCUT2D eigenvalue weighted by Crippen LogP contribution is -2.03. The van der Waals surface area contributed by atoms with Crippen molar-refractivity contribution in [2.45, 2.75) is 6.54 Å². The molecule has 1 N–H and O–H groups in total. The summed E-state index contributed by atoms with van der Waals surface area (Å²) in [5.74, 6) is 0. The van der Waals surface area contributed by atoms with Crippen LogP contribution in [0, 0.1) is 0 Å². The summed E-state index contributed by atoms with van der Waals surface area (Å²) in [6, 6.07) is 3.89. The number of imidazole rings is 1.